The van der Waals surface area contributed by atoms with Crippen LogP contribution in [0.3, 0.4) is 0 Å². The van der Waals surface area contributed by atoms with Crippen molar-refractivity contribution in [3.8, 4) is 0 Å². The van der Waals surface area contributed by atoms with Crippen LogP contribution in [0.4, 0.5) is 4.39 Å². The molecule has 8 atom stereocenters. The lowest BCUT2D eigenvalue weighted by atomic mass is 9.99. The first-order valence-electron chi connectivity index (χ1n) is 19.5. The molecule has 0 bridgehead atoms. The van der Waals surface area contributed by atoms with E-state index in [1.165, 1.54) is 96.3 Å². The SMILES string of the molecule is C=C(F)CCCCCCCCCCCCCCCCCCCCCCCC(=O)N[C@@H](COC1OC(CO)C(O)C(O)C1O)[C@H](O)[C@H](O)CC. The summed E-state index contributed by atoms with van der Waals surface area (Å²) >= 11 is 0. The fourth-order valence-corrected chi connectivity index (χ4v) is 6.38. The number of aliphatic hydroxyl groups is 6. The van der Waals surface area contributed by atoms with Crippen molar-refractivity contribution in [1.29, 1.82) is 0 Å². The van der Waals surface area contributed by atoms with Crippen LogP contribution >= 0.6 is 0 Å². The highest BCUT2D eigenvalue weighted by atomic mass is 19.1. The number of amides is 1. The van der Waals surface area contributed by atoms with Gasteiger partial charge in [-0.2, -0.15) is 0 Å². The molecule has 1 amide bonds. The Balaban J connectivity index is 2.05. The van der Waals surface area contributed by atoms with E-state index in [4.69, 9.17) is 9.47 Å². The molecule has 0 aromatic heterocycles. The molecule has 1 fully saturated rings. The van der Waals surface area contributed by atoms with Crippen LogP contribution < -0.4 is 5.32 Å². The van der Waals surface area contributed by atoms with E-state index in [1.54, 1.807) is 6.92 Å². The van der Waals surface area contributed by atoms with Gasteiger partial charge in [-0.25, -0.2) is 4.39 Å². The normalized spacial score (nSPS) is 22.9. The van der Waals surface area contributed by atoms with Gasteiger partial charge in [0.15, 0.2) is 6.29 Å². The quantitative estimate of drug-likeness (QED) is 0.0423. The average Bonchev–Trinajstić information content (AvgIpc) is 3.09. The van der Waals surface area contributed by atoms with Gasteiger partial charge in [-0.15, -0.1) is 0 Å². The maximum absolute atomic E-state index is 12.6. The summed E-state index contributed by atoms with van der Waals surface area (Å²) in [5.41, 5.74) is 0. The number of hydrogen-bond donors (Lipinski definition) is 7. The third-order valence-corrected chi connectivity index (χ3v) is 9.71. The lowest BCUT2D eigenvalue weighted by molar-refractivity contribution is -0.303. The number of carbonyl (C=O) groups is 1. The second-order valence-electron chi connectivity index (χ2n) is 14.1. The number of carbonyl (C=O) groups excluding carboxylic acids is 1. The number of hydrogen-bond acceptors (Lipinski definition) is 9. The number of aliphatic hydroxyl groups excluding tert-OH is 6. The first-order valence-corrected chi connectivity index (χ1v) is 19.5. The number of halogens is 1. The molecule has 10 nitrogen and oxygen atoms in total. The van der Waals surface area contributed by atoms with Crippen LogP contribution in [0, 0.1) is 0 Å². The van der Waals surface area contributed by atoms with Gasteiger partial charge in [0, 0.05) is 6.42 Å². The summed E-state index contributed by atoms with van der Waals surface area (Å²) in [6.45, 7) is 4.08. The third kappa shape index (κ3) is 21.7. The van der Waals surface area contributed by atoms with Crippen LogP contribution in [0.25, 0.3) is 0 Å². The molecular formula is C38H72FNO9. The van der Waals surface area contributed by atoms with Gasteiger partial charge in [-0.1, -0.05) is 135 Å². The smallest absolute Gasteiger partial charge is 0.220 e. The van der Waals surface area contributed by atoms with Gasteiger partial charge in [0.25, 0.3) is 0 Å². The number of rotatable bonds is 32. The van der Waals surface area contributed by atoms with Crippen molar-refractivity contribution >= 4 is 5.91 Å². The fraction of sp³-hybridized carbons (Fsp3) is 0.921. The number of unbranched alkanes of at least 4 members (excludes halogenated alkanes) is 20. The predicted molar refractivity (Wildman–Crippen MR) is 190 cm³/mol. The Hall–Kier alpha value is -1.18. The molecule has 7 N–H and O–H groups in total. The highest BCUT2D eigenvalue weighted by Gasteiger charge is 2.44. The van der Waals surface area contributed by atoms with Crippen LogP contribution in [0.15, 0.2) is 12.4 Å². The van der Waals surface area contributed by atoms with E-state index in [0.717, 1.165) is 32.1 Å². The van der Waals surface area contributed by atoms with Crippen molar-refractivity contribution < 1.29 is 49.3 Å². The Kier molecular flexibility index (Phi) is 27.5. The monoisotopic (exact) mass is 706 g/mol. The summed E-state index contributed by atoms with van der Waals surface area (Å²) in [6, 6.07) is -0.992. The van der Waals surface area contributed by atoms with Gasteiger partial charge in [0.1, 0.15) is 30.5 Å². The molecule has 0 radical (unpaired) electrons. The predicted octanol–water partition coefficient (Wildman–Crippen LogP) is 5.88. The van der Waals surface area contributed by atoms with Gasteiger partial charge in [-0.05, 0) is 25.7 Å². The van der Waals surface area contributed by atoms with Crippen LogP contribution in [0.1, 0.15) is 161 Å². The van der Waals surface area contributed by atoms with Crippen molar-refractivity contribution in [2.24, 2.45) is 0 Å². The number of nitrogens with one attached hydrogen (secondary N) is 1. The molecule has 1 aliphatic rings. The minimum Gasteiger partial charge on any atom is -0.394 e. The standard InChI is InChI=1S/C38H72FNO9/c1-3-31(42)34(44)30(28-48-38-37(47)36(46)35(45)32(27-41)49-38)40-33(43)26-24-22-20-18-16-14-12-10-8-6-4-5-7-9-11-13-15-17-19-21-23-25-29(2)39/h30-32,34-38,41-42,44-47H,2-28H2,1H3,(H,40,43)/t30-,31+,32?,34-,35?,36?,37?,38?/m0/s1. The van der Waals surface area contributed by atoms with Crippen molar-refractivity contribution in [2.45, 2.75) is 210 Å². The molecule has 0 aromatic rings. The Morgan fingerprint density at radius 2 is 1.12 bits per heavy atom. The first-order chi connectivity index (χ1) is 23.6. The molecule has 1 aliphatic heterocycles. The number of ether oxygens (including phenoxy) is 2. The second-order valence-corrected chi connectivity index (χ2v) is 14.1. The molecule has 0 aromatic carbocycles. The molecule has 290 valence electrons. The zero-order valence-corrected chi connectivity index (χ0v) is 30.5. The van der Waals surface area contributed by atoms with E-state index >= 15 is 0 Å². The lowest BCUT2D eigenvalue weighted by Gasteiger charge is -2.40. The minimum absolute atomic E-state index is 0.185. The second kappa shape index (κ2) is 29.4. The summed E-state index contributed by atoms with van der Waals surface area (Å²) in [5.74, 6) is -0.471. The molecule has 0 saturated carbocycles. The van der Waals surface area contributed by atoms with Gasteiger partial charge >= 0.3 is 0 Å². The fourth-order valence-electron chi connectivity index (χ4n) is 6.38. The van der Waals surface area contributed by atoms with Crippen LogP contribution in [-0.4, -0.2) is 98.7 Å². The van der Waals surface area contributed by atoms with E-state index in [1.807, 2.05) is 0 Å². The summed E-state index contributed by atoms with van der Waals surface area (Å²) in [5, 5.41) is 63.0. The molecular weight excluding hydrogens is 633 g/mol. The first kappa shape index (κ1) is 45.8. The molecule has 11 heteroatoms. The van der Waals surface area contributed by atoms with Gasteiger partial charge in [0.2, 0.25) is 5.91 Å². The molecule has 0 spiro atoms. The van der Waals surface area contributed by atoms with E-state index in [-0.39, 0.29) is 31.2 Å². The van der Waals surface area contributed by atoms with Crippen molar-refractivity contribution in [2.75, 3.05) is 13.2 Å². The Morgan fingerprint density at radius 3 is 1.51 bits per heavy atom. The number of allylic oxidation sites excluding steroid dienone is 1. The largest absolute Gasteiger partial charge is 0.394 e. The van der Waals surface area contributed by atoms with Gasteiger partial charge in [0.05, 0.1) is 31.2 Å². The summed E-state index contributed by atoms with van der Waals surface area (Å²) in [7, 11) is 0. The maximum atomic E-state index is 12.6. The summed E-state index contributed by atoms with van der Waals surface area (Å²) in [6.07, 6.45) is 16.8. The van der Waals surface area contributed by atoms with Crippen LogP contribution in [0.2, 0.25) is 0 Å². The van der Waals surface area contributed by atoms with Crippen molar-refractivity contribution in [3.05, 3.63) is 12.4 Å². The zero-order chi connectivity index (χ0) is 36.3. The van der Waals surface area contributed by atoms with E-state index < -0.39 is 55.6 Å². The topological polar surface area (TPSA) is 169 Å². The Labute approximate surface area is 295 Å². The minimum atomic E-state index is -1.61. The van der Waals surface area contributed by atoms with E-state index in [2.05, 4.69) is 11.9 Å². The lowest BCUT2D eigenvalue weighted by Crippen LogP contribution is -2.60. The summed E-state index contributed by atoms with van der Waals surface area (Å²) in [4.78, 5) is 12.6. The van der Waals surface area contributed by atoms with Gasteiger partial charge < -0.3 is 45.4 Å². The molecule has 1 saturated heterocycles. The van der Waals surface area contributed by atoms with E-state index in [9.17, 15) is 39.8 Å². The van der Waals surface area contributed by atoms with Crippen molar-refractivity contribution in [1.82, 2.24) is 5.32 Å². The average molecular weight is 706 g/mol. The van der Waals surface area contributed by atoms with Crippen molar-refractivity contribution in [3.63, 3.8) is 0 Å². The Bertz CT molecular complexity index is 820. The molecule has 5 unspecified atom stereocenters. The van der Waals surface area contributed by atoms with Gasteiger partial charge in [-0.3, -0.25) is 4.79 Å². The molecule has 0 aliphatic carbocycles. The molecule has 49 heavy (non-hydrogen) atoms. The van der Waals surface area contributed by atoms with Crippen LogP contribution in [0.5, 0.6) is 0 Å². The molecule has 1 heterocycles. The third-order valence-electron chi connectivity index (χ3n) is 9.71. The zero-order valence-electron chi connectivity index (χ0n) is 30.5. The van der Waals surface area contributed by atoms with Crippen LogP contribution in [-0.2, 0) is 14.3 Å². The molecule has 1 rings (SSSR count). The Morgan fingerprint density at radius 1 is 0.714 bits per heavy atom. The highest BCUT2D eigenvalue weighted by Crippen LogP contribution is 2.23. The maximum Gasteiger partial charge on any atom is 0.220 e. The summed E-state index contributed by atoms with van der Waals surface area (Å²) < 4.78 is 23.4. The van der Waals surface area contributed by atoms with E-state index in [0.29, 0.717) is 12.8 Å². The highest BCUT2D eigenvalue weighted by molar-refractivity contribution is 5.76.